The summed E-state index contributed by atoms with van der Waals surface area (Å²) in [6, 6.07) is 4.11. The van der Waals surface area contributed by atoms with Gasteiger partial charge in [0.2, 0.25) is 11.8 Å². The largest absolute Gasteiger partial charge is 0.438 e. The smallest absolute Gasteiger partial charge is 0.238 e. The second-order valence-electron chi connectivity index (χ2n) is 3.95. The molecule has 1 aromatic carbocycles. The molecule has 2 rings (SSSR count). The van der Waals surface area contributed by atoms with Crippen molar-refractivity contribution in [3.63, 3.8) is 0 Å². The van der Waals surface area contributed by atoms with E-state index in [1.54, 1.807) is 6.20 Å². The highest BCUT2D eigenvalue weighted by Crippen LogP contribution is 2.30. The molecular formula is C13H12BrClFN3O. The Morgan fingerprint density at radius 3 is 2.95 bits per heavy atom. The number of nitrogens with one attached hydrogen (secondary N) is 1. The van der Waals surface area contributed by atoms with E-state index in [4.69, 9.17) is 16.3 Å². The van der Waals surface area contributed by atoms with Gasteiger partial charge in [-0.25, -0.2) is 9.37 Å². The molecule has 1 aromatic heterocycles. The first-order chi connectivity index (χ1) is 9.60. The molecule has 4 nitrogen and oxygen atoms in total. The van der Waals surface area contributed by atoms with Crippen LogP contribution < -0.4 is 10.1 Å². The van der Waals surface area contributed by atoms with Gasteiger partial charge in [-0.1, -0.05) is 18.5 Å². The molecule has 106 valence electrons. The second kappa shape index (κ2) is 6.85. The van der Waals surface area contributed by atoms with Crippen LogP contribution >= 0.6 is 27.5 Å². The monoisotopic (exact) mass is 359 g/mol. The molecule has 20 heavy (non-hydrogen) atoms. The molecule has 1 heterocycles. The molecule has 0 radical (unpaired) electrons. The lowest BCUT2D eigenvalue weighted by atomic mass is 10.3. The normalized spacial score (nSPS) is 10.4. The zero-order valence-electron chi connectivity index (χ0n) is 10.7. The first kappa shape index (κ1) is 15.0. The van der Waals surface area contributed by atoms with Crippen molar-refractivity contribution < 1.29 is 9.13 Å². The van der Waals surface area contributed by atoms with E-state index in [-0.39, 0.29) is 5.02 Å². The number of nitrogens with zero attached hydrogens (tertiary/aromatic N) is 2. The fraction of sp³-hybridized carbons (Fsp3) is 0.231. The highest BCUT2D eigenvalue weighted by Gasteiger charge is 2.09. The van der Waals surface area contributed by atoms with Gasteiger partial charge in [0.25, 0.3) is 0 Å². The minimum atomic E-state index is -0.494. The number of halogens is 3. The van der Waals surface area contributed by atoms with E-state index in [9.17, 15) is 4.39 Å². The number of ether oxygens (including phenoxy) is 1. The number of hydrogen-bond donors (Lipinski definition) is 1. The summed E-state index contributed by atoms with van der Waals surface area (Å²) in [6.07, 6.45) is 2.55. The highest BCUT2D eigenvalue weighted by molar-refractivity contribution is 9.10. The van der Waals surface area contributed by atoms with Gasteiger partial charge in [-0.3, -0.25) is 0 Å². The predicted molar refractivity (Wildman–Crippen MR) is 80.0 cm³/mol. The summed E-state index contributed by atoms with van der Waals surface area (Å²) in [7, 11) is 0. The Balaban J connectivity index is 2.20. The van der Waals surface area contributed by atoms with E-state index in [1.807, 2.05) is 6.92 Å². The van der Waals surface area contributed by atoms with E-state index in [2.05, 4.69) is 31.2 Å². The average Bonchev–Trinajstić information content (AvgIpc) is 2.44. The van der Waals surface area contributed by atoms with Crippen molar-refractivity contribution in [2.24, 2.45) is 0 Å². The lowest BCUT2D eigenvalue weighted by Gasteiger charge is -2.09. The van der Waals surface area contributed by atoms with Crippen LogP contribution in [0, 0.1) is 5.82 Å². The molecule has 0 aliphatic rings. The van der Waals surface area contributed by atoms with Gasteiger partial charge in [-0.05, 0) is 34.5 Å². The molecular weight excluding hydrogens is 349 g/mol. The predicted octanol–water partition coefficient (Wildman–Crippen LogP) is 4.65. The van der Waals surface area contributed by atoms with E-state index in [1.165, 1.54) is 18.2 Å². The van der Waals surface area contributed by atoms with E-state index in [0.29, 0.717) is 22.1 Å². The van der Waals surface area contributed by atoms with Crippen LogP contribution in [0.1, 0.15) is 13.3 Å². The molecule has 0 aliphatic carbocycles. The minimum absolute atomic E-state index is 0.00277. The molecule has 0 bridgehead atoms. The fourth-order valence-corrected chi connectivity index (χ4v) is 1.84. The Labute approximate surface area is 129 Å². The van der Waals surface area contributed by atoms with E-state index < -0.39 is 5.82 Å². The molecule has 0 aliphatic heterocycles. The molecule has 0 fully saturated rings. The summed E-state index contributed by atoms with van der Waals surface area (Å²) in [5, 5.41) is 3.06. The van der Waals surface area contributed by atoms with Crippen LogP contribution in [-0.4, -0.2) is 16.5 Å². The highest BCUT2D eigenvalue weighted by atomic mass is 79.9. The van der Waals surface area contributed by atoms with Crippen molar-refractivity contribution in [1.82, 2.24) is 9.97 Å². The Morgan fingerprint density at radius 2 is 2.25 bits per heavy atom. The first-order valence-corrected chi connectivity index (χ1v) is 7.16. The van der Waals surface area contributed by atoms with Gasteiger partial charge in [0.1, 0.15) is 11.6 Å². The van der Waals surface area contributed by atoms with Gasteiger partial charge in [-0.2, -0.15) is 4.98 Å². The Bertz CT molecular complexity index is 612. The molecule has 0 atom stereocenters. The number of anilines is 1. The van der Waals surface area contributed by atoms with Crippen LogP contribution in [0.25, 0.3) is 0 Å². The fourth-order valence-electron chi connectivity index (χ4n) is 1.40. The molecule has 0 saturated heterocycles. The lowest BCUT2D eigenvalue weighted by Crippen LogP contribution is -2.05. The molecule has 7 heteroatoms. The molecule has 2 aromatic rings. The van der Waals surface area contributed by atoms with Crippen LogP contribution in [0.5, 0.6) is 11.6 Å². The number of rotatable bonds is 5. The maximum Gasteiger partial charge on any atom is 0.238 e. The van der Waals surface area contributed by atoms with Crippen molar-refractivity contribution in [3.8, 4) is 11.6 Å². The molecule has 0 unspecified atom stereocenters. The molecule has 1 N–H and O–H groups in total. The Morgan fingerprint density at radius 1 is 1.45 bits per heavy atom. The second-order valence-corrected chi connectivity index (χ2v) is 5.21. The molecule has 0 spiro atoms. The van der Waals surface area contributed by atoms with Gasteiger partial charge in [0, 0.05) is 12.6 Å². The van der Waals surface area contributed by atoms with Gasteiger partial charge in [0.05, 0.1) is 15.7 Å². The zero-order chi connectivity index (χ0) is 14.5. The van der Waals surface area contributed by atoms with Gasteiger partial charge < -0.3 is 10.1 Å². The summed E-state index contributed by atoms with van der Waals surface area (Å²) in [4.78, 5) is 8.34. The Kier molecular flexibility index (Phi) is 5.14. The van der Waals surface area contributed by atoms with Gasteiger partial charge >= 0.3 is 0 Å². The third-order valence-electron chi connectivity index (χ3n) is 2.35. The number of aromatic nitrogens is 2. The zero-order valence-corrected chi connectivity index (χ0v) is 13.0. The maximum absolute atomic E-state index is 13.1. The summed E-state index contributed by atoms with van der Waals surface area (Å²) in [6.45, 7) is 2.81. The third-order valence-corrected chi connectivity index (χ3v) is 3.18. The summed E-state index contributed by atoms with van der Waals surface area (Å²) in [5.74, 6) is 0.711. The summed E-state index contributed by atoms with van der Waals surface area (Å²) in [5.41, 5.74) is 0. The first-order valence-electron chi connectivity index (χ1n) is 5.99. The topological polar surface area (TPSA) is 47.0 Å². The van der Waals surface area contributed by atoms with Crippen LogP contribution in [-0.2, 0) is 0 Å². The number of hydrogen-bond acceptors (Lipinski definition) is 4. The summed E-state index contributed by atoms with van der Waals surface area (Å²) >= 11 is 9.01. The van der Waals surface area contributed by atoms with Crippen molar-refractivity contribution >= 4 is 33.5 Å². The van der Waals surface area contributed by atoms with Crippen molar-refractivity contribution in [3.05, 3.63) is 39.7 Å². The van der Waals surface area contributed by atoms with Gasteiger partial charge in [0.15, 0.2) is 0 Å². The maximum atomic E-state index is 13.1. The SMILES string of the molecule is CCCNc1ncc(Br)c(Oc2ccc(F)c(Cl)c2)n1. The summed E-state index contributed by atoms with van der Waals surface area (Å²) < 4.78 is 19.3. The Hall–Kier alpha value is -1.40. The van der Waals surface area contributed by atoms with Crippen molar-refractivity contribution in [1.29, 1.82) is 0 Å². The van der Waals surface area contributed by atoms with Crippen LogP contribution in [0.2, 0.25) is 5.02 Å². The van der Waals surface area contributed by atoms with Crippen LogP contribution in [0.3, 0.4) is 0 Å². The number of benzene rings is 1. The minimum Gasteiger partial charge on any atom is -0.438 e. The van der Waals surface area contributed by atoms with Crippen LogP contribution in [0.15, 0.2) is 28.9 Å². The molecule has 0 saturated carbocycles. The standard InChI is InChI=1S/C13H12BrClFN3O/c1-2-5-17-13-18-7-9(14)12(19-13)20-8-3-4-11(16)10(15)6-8/h3-4,6-7H,2,5H2,1H3,(H,17,18,19). The van der Waals surface area contributed by atoms with Crippen molar-refractivity contribution in [2.75, 3.05) is 11.9 Å². The van der Waals surface area contributed by atoms with Crippen LogP contribution in [0.4, 0.5) is 10.3 Å². The van der Waals surface area contributed by atoms with E-state index >= 15 is 0 Å². The van der Waals surface area contributed by atoms with E-state index in [0.717, 1.165) is 13.0 Å². The van der Waals surface area contributed by atoms with Gasteiger partial charge in [-0.15, -0.1) is 0 Å². The average molecular weight is 361 g/mol. The lowest BCUT2D eigenvalue weighted by molar-refractivity contribution is 0.457. The third kappa shape index (κ3) is 3.80. The molecule has 0 amide bonds. The quantitative estimate of drug-likeness (QED) is 0.843. The van der Waals surface area contributed by atoms with Crippen molar-refractivity contribution in [2.45, 2.75) is 13.3 Å².